The minimum absolute atomic E-state index is 0.266. The monoisotopic (exact) mass is 789 g/mol. The van der Waals surface area contributed by atoms with Crippen LogP contribution in [0.25, 0.3) is 37.8 Å². The van der Waals surface area contributed by atoms with E-state index in [1.807, 2.05) is 42.5 Å². The Morgan fingerprint density at radius 3 is 2.08 bits per heavy atom. The van der Waals surface area contributed by atoms with E-state index in [-0.39, 0.29) is 24.3 Å². The van der Waals surface area contributed by atoms with Crippen molar-refractivity contribution in [2.75, 3.05) is 23.0 Å². The van der Waals surface area contributed by atoms with Crippen LogP contribution >= 0.6 is 23.1 Å². The number of hydrogen-bond acceptors (Lipinski definition) is 7. The van der Waals surface area contributed by atoms with Crippen molar-refractivity contribution in [3.63, 3.8) is 0 Å². The largest absolute Gasteiger partial charge is 0.334 e. The zero-order valence-electron chi connectivity index (χ0n) is 29.6. The third kappa shape index (κ3) is 9.71. The van der Waals surface area contributed by atoms with Gasteiger partial charge in [0.25, 0.3) is 25.2 Å². The highest BCUT2D eigenvalue weighted by molar-refractivity contribution is 8.03. The third-order valence-electron chi connectivity index (χ3n) is 8.96. The molecule has 4 aromatic carbocycles. The maximum Gasteiger partial charge on any atom is 0.265 e. The van der Waals surface area contributed by atoms with E-state index in [1.165, 1.54) is 0 Å². The Kier molecular flexibility index (Phi) is 12.3. The first-order chi connectivity index (χ1) is 25.4. The SMILES string of the molecule is CCC(=C\c1sc2ccc3ccccc3c2[n+]1CCCS(=O)(=O)O)/C=C1/Sc2ccc3ccccc3c2N1CCCS(=O)(=O)O.CC[n+]1ccccc1. The van der Waals surface area contributed by atoms with E-state index < -0.39 is 20.2 Å². The molecule has 3 heterocycles. The van der Waals surface area contributed by atoms with Crippen molar-refractivity contribution in [1.29, 1.82) is 0 Å². The maximum absolute atomic E-state index is 11.5. The summed E-state index contributed by atoms with van der Waals surface area (Å²) in [4.78, 5) is 3.23. The Morgan fingerprint density at radius 1 is 0.774 bits per heavy atom. The average molecular weight is 790 g/mol. The standard InChI is InChI=1S/C33H32N2O6S4.C7H10N/c1-2-23(21-30-34(17-7-19-44(36,37)38)32-26-11-5-3-9-24(26)13-15-28(32)42-30)22-31-35(18-8-20-45(39,40)41)33-27-12-6-4-10-25(27)14-16-29(33)43-31;1-2-8-6-4-3-5-7-8/h3-6,9-16,21-22H,2,7-8,17-20H2,1H3,(H-,36,37,38,39,40,41);3-7H,2H2,1H3/q;+1/p+1. The van der Waals surface area contributed by atoms with Crippen LogP contribution in [0.5, 0.6) is 0 Å². The number of fused-ring (bicyclic) bond motifs is 6. The lowest BCUT2D eigenvalue weighted by Crippen LogP contribution is -2.36. The van der Waals surface area contributed by atoms with Crippen LogP contribution in [0.3, 0.4) is 0 Å². The highest BCUT2D eigenvalue weighted by Crippen LogP contribution is 2.50. The maximum atomic E-state index is 11.5. The molecule has 0 spiro atoms. The van der Waals surface area contributed by atoms with Gasteiger partial charge in [0.15, 0.2) is 18.9 Å². The van der Waals surface area contributed by atoms with Crippen LogP contribution in [0.2, 0.25) is 0 Å². The molecule has 0 fully saturated rings. The molecule has 0 amide bonds. The van der Waals surface area contributed by atoms with Crippen LogP contribution in [0, 0.1) is 0 Å². The molecule has 7 rings (SSSR count). The average Bonchev–Trinajstić information content (AvgIpc) is 3.68. The minimum Gasteiger partial charge on any atom is -0.334 e. The van der Waals surface area contributed by atoms with Crippen LogP contribution in [0.1, 0.15) is 38.1 Å². The molecule has 53 heavy (non-hydrogen) atoms. The molecule has 0 radical (unpaired) electrons. The van der Waals surface area contributed by atoms with E-state index >= 15 is 0 Å². The molecule has 6 aromatic rings. The second kappa shape index (κ2) is 16.9. The molecule has 276 valence electrons. The number of allylic oxidation sites excluding steroid dienone is 2. The normalized spacial score (nSPS) is 14.2. The second-order valence-corrected chi connectivity index (χ2v) is 17.9. The molecule has 0 aliphatic carbocycles. The molecule has 13 heteroatoms. The third-order valence-corrected chi connectivity index (χ3v) is 12.8. The number of aromatic nitrogens is 2. The molecule has 0 saturated heterocycles. The number of thiazole rings is 1. The van der Waals surface area contributed by atoms with Gasteiger partial charge in [0.05, 0.1) is 27.6 Å². The second-order valence-electron chi connectivity index (χ2n) is 12.7. The van der Waals surface area contributed by atoms with Crippen molar-refractivity contribution in [2.24, 2.45) is 0 Å². The Hall–Kier alpha value is -4.11. The van der Waals surface area contributed by atoms with E-state index in [0.717, 1.165) is 70.9 Å². The van der Waals surface area contributed by atoms with E-state index in [4.69, 9.17) is 0 Å². The van der Waals surface area contributed by atoms with Crippen LogP contribution < -0.4 is 14.0 Å². The van der Waals surface area contributed by atoms with Gasteiger partial charge in [-0.2, -0.15) is 21.4 Å². The number of anilines is 1. The highest BCUT2D eigenvalue weighted by Gasteiger charge is 2.28. The highest BCUT2D eigenvalue weighted by atomic mass is 32.2. The molecule has 0 saturated carbocycles. The van der Waals surface area contributed by atoms with E-state index in [2.05, 4.69) is 101 Å². The van der Waals surface area contributed by atoms with Crippen molar-refractivity contribution in [3.8, 4) is 0 Å². The lowest BCUT2D eigenvalue weighted by molar-refractivity contribution is -0.693. The van der Waals surface area contributed by atoms with Crippen molar-refractivity contribution in [3.05, 3.63) is 125 Å². The van der Waals surface area contributed by atoms with Gasteiger partial charge in [0.1, 0.15) is 11.2 Å². The summed E-state index contributed by atoms with van der Waals surface area (Å²) in [5, 5.41) is 6.27. The predicted octanol–water partition coefficient (Wildman–Crippen LogP) is 8.29. The van der Waals surface area contributed by atoms with Gasteiger partial charge in [-0.1, -0.05) is 90.7 Å². The van der Waals surface area contributed by atoms with Crippen LogP contribution in [0.15, 0.2) is 125 Å². The Morgan fingerprint density at radius 2 is 1.42 bits per heavy atom. The summed E-state index contributed by atoms with van der Waals surface area (Å²) in [5.41, 5.74) is 3.11. The number of benzene rings is 4. The minimum atomic E-state index is -4.09. The summed E-state index contributed by atoms with van der Waals surface area (Å²) in [5.74, 6) is -0.644. The van der Waals surface area contributed by atoms with Gasteiger partial charge >= 0.3 is 0 Å². The predicted molar refractivity (Wildman–Crippen MR) is 217 cm³/mol. The first-order valence-corrected chi connectivity index (χ1v) is 22.4. The van der Waals surface area contributed by atoms with Gasteiger partial charge in [0.2, 0.25) is 5.52 Å². The fraction of sp³-hybridized carbons (Fsp3) is 0.250. The van der Waals surface area contributed by atoms with E-state index in [0.29, 0.717) is 13.1 Å². The van der Waals surface area contributed by atoms with Crippen molar-refractivity contribution < 1.29 is 35.1 Å². The first-order valence-electron chi connectivity index (χ1n) is 17.5. The van der Waals surface area contributed by atoms with Crippen molar-refractivity contribution in [2.45, 2.75) is 51.1 Å². The van der Waals surface area contributed by atoms with Gasteiger partial charge in [-0.15, -0.1) is 0 Å². The van der Waals surface area contributed by atoms with Crippen LogP contribution in [-0.2, 0) is 33.3 Å². The zero-order valence-corrected chi connectivity index (χ0v) is 32.9. The van der Waals surface area contributed by atoms with Crippen LogP contribution in [-0.4, -0.2) is 44.0 Å². The lowest BCUT2D eigenvalue weighted by Gasteiger charge is -2.22. The molecule has 2 N–H and O–H groups in total. The Balaban J connectivity index is 0.000000533. The fourth-order valence-electron chi connectivity index (χ4n) is 6.42. The van der Waals surface area contributed by atoms with Gasteiger partial charge in [-0.05, 0) is 60.4 Å². The summed E-state index contributed by atoms with van der Waals surface area (Å²) in [6.45, 7) is 6.10. The molecule has 0 bridgehead atoms. The first kappa shape index (κ1) is 38.6. The van der Waals surface area contributed by atoms with Crippen LogP contribution in [0.4, 0.5) is 5.69 Å². The van der Waals surface area contributed by atoms with Crippen molar-refractivity contribution >= 4 is 86.9 Å². The molecule has 1 aliphatic rings. The van der Waals surface area contributed by atoms with Gasteiger partial charge < -0.3 is 4.90 Å². The summed E-state index contributed by atoms with van der Waals surface area (Å²) in [6, 6.07) is 30.7. The van der Waals surface area contributed by atoms with E-state index in [1.54, 1.807) is 23.1 Å². The Bertz CT molecular complexity index is 2530. The van der Waals surface area contributed by atoms with Gasteiger partial charge in [0, 0.05) is 41.5 Å². The Labute approximate surface area is 319 Å². The number of nitrogens with zero attached hydrogens (tertiary/aromatic N) is 3. The van der Waals surface area contributed by atoms with E-state index in [9.17, 15) is 25.9 Å². The zero-order chi connectivity index (χ0) is 37.6. The summed E-state index contributed by atoms with van der Waals surface area (Å²) >= 11 is 3.27. The molecule has 0 unspecified atom stereocenters. The molecule has 9 nitrogen and oxygen atoms in total. The molecular weight excluding hydrogens is 747 g/mol. The fourth-order valence-corrected chi connectivity index (χ4v) is 9.78. The molecular formula is C40H43N3O6S4+2. The topological polar surface area (TPSA) is 120 Å². The van der Waals surface area contributed by atoms with Crippen molar-refractivity contribution in [1.82, 2.24) is 0 Å². The smallest absolute Gasteiger partial charge is 0.265 e. The number of rotatable bonds is 12. The number of hydrogen-bond donors (Lipinski definition) is 2. The van der Waals surface area contributed by atoms with Gasteiger partial charge in [-0.25, -0.2) is 4.57 Å². The summed E-state index contributed by atoms with van der Waals surface area (Å²) in [7, 11) is -8.18. The summed E-state index contributed by atoms with van der Waals surface area (Å²) < 4.78 is 70.4. The summed E-state index contributed by atoms with van der Waals surface area (Å²) in [6.07, 6.45) is 9.64. The number of thioether (sulfide) groups is 1. The van der Waals surface area contributed by atoms with Gasteiger partial charge in [-0.3, -0.25) is 9.11 Å². The molecule has 1 aliphatic heterocycles. The quantitative estimate of drug-likeness (QED) is 0.0940. The molecule has 2 aromatic heterocycles. The lowest BCUT2D eigenvalue weighted by atomic mass is 10.1. The number of pyridine rings is 1. The number of aryl methyl sites for hydroxylation is 2. The molecule has 0 atom stereocenters.